The van der Waals surface area contributed by atoms with Crippen LogP contribution in [0.25, 0.3) is 6.08 Å². The van der Waals surface area contributed by atoms with Gasteiger partial charge in [0.05, 0.1) is 6.07 Å². The van der Waals surface area contributed by atoms with E-state index in [1.165, 1.54) is 18.2 Å². The fourth-order valence-corrected chi connectivity index (χ4v) is 1.02. The van der Waals surface area contributed by atoms with Gasteiger partial charge in [0.1, 0.15) is 16.3 Å². The van der Waals surface area contributed by atoms with Crippen molar-refractivity contribution in [1.29, 1.82) is 0 Å². The van der Waals surface area contributed by atoms with Crippen molar-refractivity contribution in [2.24, 2.45) is 0 Å². The average Bonchev–Trinajstić information content (AvgIpc) is 2.60. The lowest BCUT2D eigenvalue weighted by Crippen LogP contribution is -2.22. The molecule has 17 heavy (non-hydrogen) atoms. The molecule has 0 amide bonds. The summed E-state index contributed by atoms with van der Waals surface area (Å²) in [6.07, 6.45) is 2.48. The van der Waals surface area contributed by atoms with Gasteiger partial charge in [-0.2, -0.15) is 0 Å². The van der Waals surface area contributed by atoms with E-state index in [1.54, 1.807) is 20.8 Å². The lowest BCUT2D eigenvalue weighted by molar-refractivity contribution is -0.402. The van der Waals surface area contributed by atoms with Crippen LogP contribution < -0.4 is 0 Å². The Morgan fingerprint density at radius 1 is 1.47 bits per heavy atom. The van der Waals surface area contributed by atoms with Crippen molar-refractivity contribution < 1.29 is 18.9 Å². The van der Waals surface area contributed by atoms with Crippen LogP contribution in [-0.4, -0.2) is 16.5 Å². The number of hydrogen-bond acceptors (Lipinski definition) is 5. The minimum absolute atomic E-state index is 0.225. The quantitative estimate of drug-likeness (QED) is 0.350. The van der Waals surface area contributed by atoms with Gasteiger partial charge in [-0.05, 0) is 32.9 Å². The zero-order chi connectivity index (χ0) is 13.1. The second-order valence-electron chi connectivity index (χ2n) is 4.30. The van der Waals surface area contributed by atoms with Gasteiger partial charge in [0.25, 0.3) is 0 Å². The zero-order valence-electron chi connectivity index (χ0n) is 9.80. The third-order valence-corrected chi connectivity index (χ3v) is 1.58. The highest BCUT2D eigenvalue weighted by Gasteiger charge is 2.14. The van der Waals surface area contributed by atoms with Crippen molar-refractivity contribution in [2.45, 2.75) is 26.4 Å². The Balaban J connectivity index is 2.64. The maximum atomic E-state index is 11.3. The Bertz CT molecular complexity index is 453. The molecule has 0 fully saturated rings. The molecule has 0 saturated heterocycles. The van der Waals surface area contributed by atoms with Crippen LogP contribution in [0.3, 0.4) is 0 Å². The summed E-state index contributed by atoms with van der Waals surface area (Å²) in [6.45, 7) is 5.24. The standard InChI is InChI=1S/C11H13NO5/c1-11(2,3)17-10(13)7-5-8-4-6-9(16-8)12(14)15/h4-7H,1-3H3/b7-5+. The summed E-state index contributed by atoms with van der Waals surface area (Å²) in [5, 5.41) is 10.3. The molecule has 1 aromatic rings. The molecular formula is C11H13NO5. The van der Waals surface area contributed by atoms with Crippen molar-refractivity contribution in [2.75, 3.05) is 0 Å². The predicted octanol–water partition coefficient (Wildman–Crippen LogP) is 2.54. The Morgan fingerprint density at radius 2 is 2.12 bits per heavy atom. The molecule has 0 bridgehead atoms. The molecule has 0 radical (unpaired) electrons. The maximum Gasteiger partial charge on any atom is 0.433 e. The average molecular weight is 239 g/mol. The van der Waals surface area contributed by atoms with Crippen molar-refractivity contribution in [3.05, 3.63) is 34.1 Å². The minimum atomic E-state index is -0.648. The largest absolute Gasteiger partial charge is 0.457 e. The van der Waals surface area contributed by atoms with Crippen LogP contribution >= 0.6 is 0 Å². The first-order chi connectivity index (χ1) is 7.78. The van der Waals surface area contributed by atoms with Gasteiger partial charge in [0.2, 0.25) is 0 Å². The molecule has 0 unspecified atom stereocenters. The molecule has 0 N–H and O–H groups in total. The van der Waals surface area contributed by atoms with E-state index >= 15 is 0 Å². The van der Waals surface area contributed by atoms with Crippen molar-refractivity contribution >= 4 is 17.9 Å². The molecule has 0 aliphatic heterocycles. The molecule has 0 saturated carbocycles. The summed E-state index contributed by atoms with van der Waals surface area (Å²) in [4.78, 5) is 21.0. The Kier molecular flexibility index (Phi) is 3.67. The summed E-state index contributed by atoms with van der Waals surface area (Å²) in [5.74, 6) is -0.673. The van der Waals surface area contributed by atoms with Gasteiger partial charge < -0.3 is 9.15 Å². The Morgan fingerprint density at radius 3 is 2.59 bits per heavy atom. The third kappa shape index (κ3) is 4.50. The Hall–Kier alpha value is -2.11. The monoisotopic (exact) mass is 239 g/mol. The summed E-state index contributed by atoms with van der Waals surface area (Å²) < 4.78 is 9.84. The SMILES string of the molecule is CC(C)(C)OC(=O)/C=C/c1ccc([N+](=O)[O-])o1. The third-order valence-electron chi connectivity index (χ3n) is 1.58. The van der Waals surface area contributed by atoms with Crippen LogP contribution in [-0.2, 0) is 9.53 Å². The van der Waals surface area contributed by atoms with Crippen molar-refractivity contribution in [3.8, 4) is 0 Å². The minimum Gasteiger partial charge on any atom is -0.457 e. The molecule has 0 spiro atoms. The molecule has 1 rings (SSSR count). The summed E-state index contributed by atoms with van der Waals surface area (Å²) >= 11 is 0. The number of esters is 1. The van der Waals surface area contributed by atoms with E-state index in [4.69, 9.17) is 9.15 Å². The topological polar surface area (TPSA) is 82.6 Å². The van der Waals surface area contributed by atoms with E-state index in [-0.39, 0.29) is 11.6 Å². The molecule has 0 atom stereocenters. The number of rotatable bonds is 3. The smallest absolute Gasteiger partial charge is 0.433 e. The van der Waals surface area contributed by atoms with Crippen molar-refractivity contribution in [1.82, 2.24) is 0 Å². The first kappa shape index (κ1) is 13.0. The molecule has 0 aliphatic rings. The molecule has 92 valence electrons. The number of carbonyl (C=O) groups is 1. The van der Waals surface area contributed by atoms with Crippen LogP contribution in [0.2, 0.25) is 0 Å². The summed E-state index contributed by atoms with van der Waals surface area (Å²) in [5.41, 5.74) is -0.573. The molecule has 6 heteroatoms. The van der Waals surface area contributed by atoms with Gasteiger partial charge in [-0.3, -0.25) is 10.1 Å². The highest BCUT2D eigenvalue weighted by Crippen LogP contribution is 2.17. The molecule has 0 aliphatic carbocycles. The van der Waals surface area contributed by atoms with E-state index in [9.17, 15) is 14.9 Å². The van der Waals surface area contributed by atoms with Crippen LogP contribution in [0.4, 0.5) is 5.88 Å². The summed E-state index contributed by atoms with van der Waals surface area (Å²) in [7, 11) is 0. The summed E-state index contributed by atoms with van der Waals surface area (Å²) in [6, 6.07) is 2.62. The van der Waals surface area contributed by atoms with Gasteiger partial charge >= 0.3 is 11.9 Å². The fraction of sp³-hybridized carbons (Fsp3) is 0.364. The second-order valence-corrected chi connectivity index (χ2v) is 4.30. The molecule has 1 aromatic heterocycles. The van der Waals surface area contributed by atoms with Gasteiger partial charge in [-0.1, -0.05) is 0 Å². The van der Waals surface area contributed by atoms with Crippen LogP contribution in [0, 0.1) is 10.1 Å². The normalized spacial score (nSPS) is 11.7. The molecule has 1 heterocycles. The fourth-order valence-electron chi connectivity index (χ4n) is 1.02. The van der Waals surface area contributed by atoms with Gasteiger partial charge in [0.15, 0.2) is 0 Å². The van der Waals surface area contributed by atoms with Crippen LogP contribution in [0.5, 0.6) is 0 Å². The predicted molar refractivity (Wildman–Crippen MR) is 60.2 cm³/mol. The molecule has 0 aromatic carbocycles. The van der Waals surface area contributed by atoms with Gasteiger partial charge in [-0.25, -0.2) is 4.79 Å². The van der Waals surface area contributed by atoms with Gasteiger partial charge in [-0.15, -0.1) is 0 Å². The van der Waals surface area contributed by atoms with Crippen LogP contribution in [0.15, 0.2) is 22.6 Å². The highest BCUT2D eigenvalue weighted by molar-refractivity contribution is 5.86. The van der Waals surface area contributed by atoms with Gasteiger partial charge in [0, 0.05) is 6.08 Å². The lowest BCUT2D eigenvalue weighted by Gasteiger charge is -2.17. The number of nitrogens with zero attached hydrogens (tertiary/aromatic N) is 1. The zero-order valence-corrected chi connectivity index (χ0v) is 9.80. The highest BCUT2D eigenvalue weighted by atomic mass is 16.6. The van der Waals surface area contributed by atoms with Crippen LogP contribution in [0.1, 0.15) is 26.5 Å². The number of nitro groups is 1. The lowest BCUT2D eigenvalue weighted by atomic mass is 10.2. The van der Waals surface area contributed by atoms with E-state index in [2.05, 4.69) is 0 Å². The maximum absolute atomic E-state index is 11.3. The Labute approximate surface area is 98.0 Å². The first-order valence-electron chi connectivity index (χ1n) is 4.93. The number of furan rings is 1. The molecule has 6 nitrogen and oxygen atoms in total. The second kappa shape index (κ2) is 4.82. The van der Waals surface area contributed by atoms with Crippen molar-refractivity contribution in [3.63, 3.8) is 0 Å². The number of carbonyl (C=O) groups excluding carboxylic acids is 1. The van der Waals surface area contributed by atoms with E-state index in [0.29, 0.717) is 0 Å². The first-order valence-corrected chi connectivity index (χ1v) is 4.93. The van der Waals surface area contributed by atoms with E-state index in [0.717, 1.165) is 6.08 Å². The number of hydrogen-bond donors (Lipinski definition) is 0. The number of ether oxygens (including phenoxy) is 1. The van der Waals surface area contributed by atoms with E-state index < -0.39 is 16.5 Å². The molecular weight excluding hydrogens is 226 g/mol. The van der Waals surface area contributed by atoms with E-state index in [1.807, 2.05) is 0 Å².